The van der Waals surface area contributed by atoms with Crippen molar-refractivity contribution in [2.24, 2.45) is 0 Å². The lowest BCUT2D eigenvalue weighted by Gasteiger charge is -2.30. The minimum Gasteiger partial charge on any atom is -0.393 e. The number of amides is 1. The number of benzene rings is 1. The molecule has 0 unspecified atom stereocenters. The lowest BCUT2D eigenvalue weighted by atomic mass is 10.00. The van der Waals surface area contributed by atoms with Crippen LogP contribution in [0.4, 0.5) is 0 Å². The van der Waals surface area contributed by atoms with E-state index in [4.69, 9.17) is 0 Å². The average molecular weight is 369 g/mol. The number of carbonyl (C=O) groups is 1. The molecule has 1 atom stereocenters. The highest BCUT2D eigenvalue weighted by Crippen LogP contribution is 2.22. The van der Waals surface area contributed by atoms with Crippen molar-refractivity contribution in [3.63, 3.8) is 0 Å². The van der Waals surface area contributed by atoms with Crippen molar-refractivity contribution in [3.05, 3.63) is 29.3 Å². The molecule has 8 heteroatoms. The molecular weight excluding hydrogens is 342 g/mol. The Morgan fingerprint density at radius 2 is 2.08 bits per heavy atom. The van der Waals surface area contributed by atoms with Crippen molar-refractivity contribution >= 4 is 15.9 Å². The number of likely N-dealkylation sites (N-methyl/N-ethyl adjacent to an activating group) is 1. The number of fused-ring (bicyclic) bond motifs is 1. The van der Waals surface area contributed by atoms with E-state index in [-0.39, 0.29) is 17.3 Å². The van der Waals surface area contributed by atoms with Gasteiger partial charge in [-0.05, 0) is 57.1 Å². The quantitative estimate of drug-likeness (QED) is 0.716. The van der Waals surface area contributed by atoms with Crippen LogP contribution in [0.1, 0.15) is 24.5 Å². The molecule has 1 aromatic carbocycles. The molecular formula is C17H27N3O4S. The number of sulfonamides is 1. The minimum absolute atomic E-state index is 0.0761. The summed E-state index contributed by atoms with van der Waals surface area (Å²) in [6.45, 7) is 3.30. The van der Waals surface area contributed by atoms with Gasteiger partial charge in [0.05, 0.1) is 17.5 Å². The molecule has 1 aromatic rings. The summed E-state index contributed by atoms with van der Waals surface area (Å²) in [6, 6.07) is 5.05. The van der Waals surface area contributed by atoms with Gasteiger partial charge in [0.1, 0.15) is 0 Å². The van der Waals surface area contributed by atoms with Crippen molar-refractivity contribution in [1.29, 1.82) is 0 Å². The van der Waals surface area contributed by atoms with Crippen LogP contribution in [-0.4, -0.2) is 69.1 Å². The zero-order valence-corrected chi connectivity index (χ0v) is 15.8. The molecule has 1 heterocycles. The zero-order valence-electron chi connectivity index (χ0n) is 15.0. The zero-order chi connectivity index (χ0) is 18.6. The van der Waals surface area contributed by atoms with Gasteiger partial charge in [-0.15, -0.1) is 0 Å². The minimum atomic E-state index is -3.58. The molecule has 0 aliphatic carbocycles. The highest BCUT2D eigenvalue weighted by atomic mass is 32.2. The lowest BCUT2D eigenvalue weighted by molar-refractivity contribution is -0.132. The highest BCUT2D eigenvalue weighted by molar-refractivity contribution is 7.89. The number of rotatable bonds is 7. The van der Waals surface area contributed by atoms with E-state index in [2.05, 4.69) is 4.72 Å². The van der Waals surface area contributed by atoms with Crippen LogP contribution < -0.4 is 4.72 Å². The van der Waals surface area contributed by atoms with Crippen molar-refractivity contribution in [2.75, 3.05) is 33.7 Å². The molecule has 2 rings (SSSR count). The maximum atomic E-state index is 12.3. The molecule has 1 aliphatic rings. The van der Waals surface area contributed by atoms with Crippen LogP contribution in [0.15, 0.2) is 23.1 Å². The van der Waals surface area contributed by atoms with Crippen LogP contribution in [0.25, 0.3) is 0 Å². The molecule has 140 valence electrons. The smallest absolute Gasteiger partial charge is 0.240 e. The van der Waals surface area contributed by atoms with Gasteiger partial charge in [-0.2, -0.15) is 0 Å². The molecule has 0 bridgehead atoms. The van der Waals surface area contributed by atoms with Crippen molar-refractivity contribution in [1.82, 2.24) is 14.5 Å². The van der Waals surface area contributed by atoms with E-state index in [0.717, 1.165) is 11.1 Å². The summed E-state index contributed by atoms with van der Waals surface area (Å²) in [5.41, 5.74) is 1.95. The second-order valence-electron chi connectivity index (χ2n) is 6.77. The summed E-state index contributed by atoms with van der Waals surface area (Å²) in [5, 5.41) is 9.23. The van der Waals surface area contributed by atoms with Crippen LogP contribution in [0, 0.1) is 0 Å². The topological polar surface area (TPSA) is 90.0 Å². The Bertz CT molecular complexity index is 717. The SMILES string of the molecule is C[C@@H](O)CCNS(=O)(=O)c1ccc2c(c1)CCN(C(=O)CN(C)C)C2. The Morgan fingerprint density at radius 1 is 1.36 bits per heavy atom. The molecule has 25 heavy (non-hydrogen) atoms. The van der Waals surface area contributed by atoms with E-state index in [0.29, 0.717) is 32.5 Å². The summed E-state index contributed by atoms with van der Waals surface area (Å²) in [6.07, 6.45) is 0.468. The predicted octanol–water partition coefficient (Wildman–Crippen LogP) is 0.182. The number of hydrogen-bond donors (Lipinski definition) is 2. The first-order chi connectivity index (χ1) is 11.7. The van der Waals surface area contributed by atoms with Crippen LogP contribution in [0.3, 0.4) is 0 Å². The Kier molecular flexibility index (Phi) is 6.56. The molecule has 2 N–H and O–H groups in total. The van der Waals surface area contributed by atoms with Gasteiger partial charge < -0.3 is 14.9 Å². The number of nitrogens with one attached hydrogen (secondary N) is 1. The summed E-state index contributed by atoms with van der Waals surface area (Å²) in [4.78, 5) is 16.0. The molecule has 0 saturated heterocycles. The fourth-order valence-electron chi connectivity index (χ4n) is 2.77. The van der Waals surface area contributed by atoms with Crippen LogP contribution in [0.5, 0.6) is 0 Å². The van der Waals surface area contributed by atoms with Crippen LogP contribution in [-0.2, 0) is 27.8 Å². The lowest BCUT2D eigenvalue weighted by Crippen LogP contribution is -2.40. The molecule has 1 amide bonds. The monoisotopic (exact) mass is 369 g/mol. The summed E-state index contributed by atoms with van der Waals surface area (Å²) >= 11 is 0. The van der Waals surface area contributed by atoms with Crippen molar-refractivity contribution in [2.45, 2.75) is 37.3 Å². The molecule has 0 saturated carbocycles. The Labute approximate surface area is 149 Å². The molecule has 0 spiro atoms. The third-order valence-electron chi connectivity index (χ3n) is 4.16. The standard InChI is InChI=1S/C17H27N3O4S/c1-13(21)6-8-18-25(23,24)16-5-4-15-11-20(9-7-14(15)10-16)17(22)12-19(2)3/h4-5,10,13,18,21H,6-9,11-12H2,1-3H3/t13-/m1/s1. The number of aliphatic hydroxyl groups is 1. The van der Waals surface area contributed by atoms with E-state index in [1.165, 1.54) is 0 Å². The van der Waals surface area contributed by atoms with E-state index in [9.17, 15) is 18.3 Å². The first kappa shape index (κ1) is 19.8. The van der Waals surface area contributed by atoms with E-state index in [1.54, 1.807) is 30.0 Å². The number of aliphatic hydroxyl groups excluding tert-OH is 1. The first-order valence-corrected chi connectivity index (χ1v) is 9.89. The van der Waals surface area contributed by atoms with Crippen LogP contribution in [0.2, 0.25) is 0 Å². The summed E-state index contributed by atoms with van der Waals surface area (Å²) in [5.74, 6) is 0.0761. The van der Waals surface area contributed by atoms with Gasteiger partial charge >= 0.3 is 0 Å². The Balaban J connectivity index is 2.07. The van der Waals surface area contributed by atoms with Gasteiger partial charge in [0.15, 0.2) is 0 Å². The molecule has 0 fully saturated rings. The van der Waals surface area contributed by atoms with Gasteiger partial charge in [-0.1, -0.05) is 6.07 Å². The predicted molar refractivity (Wildman–Crippen MR) is 95.6 cm³/mol. The first-order valence-electron chi connectivity index (χ1n) is 8.41. The van der Waals surface area contributed by atoms with Gasteiger partial charge in [0.2, 0.25) is 15.9 Å². The van der Waals surface area contributed by atoms with E-state index < -0.39 is 16.1 Å². The molecule has 1 aliphatic heterocycles. The third kappa shape index (κ3) is 5.50. The van der Waals surface area contributed by atoms with Gasteiger partial charge in [-0.25, -0.2) is 13.1 Å². The maximum absolute atomic E-state index is 12.3. The number of nitrogens with zero attached hydrogens (tertiary/aromatic N) is 2. The fraction of sp³-hybridized carbons (Fsp3) is 0.588. The maximum Gasteiger partial charge on any atom is 0.240 e. The Hall–Kier alpha value is -1.48. The molecule has 7 nitrogen and oxygen atoms in total. The summed E-state index contributed by atoms with van der Waals surface area (Å²) < 4.78 is 27.2. The largest absolute Gasteiger partial charge is 0.393 e. The van der Waals surface area contributed by atoms with Gasteiger partial charge in [-0.3, -0.25) is 4.79 Å². The number of carbonyl (C=O) groups excluding carboxylic acids is 1. The van der Waals surface area contributed by atoms with Gasteiger partial charge in [0, 0.05) is 19.6 Å². The molecule has 0 aromatic heterocycles. The fourth-order valence-corrected chi connectivity index (χ4v) is 3.86. The second kappa shape index (κ2) is 8.27. The van der Waals surface area contributed by atoms with Crippen LogP contribution >= 0.6 is 0 Å². The van der Waals surface area contributed by atoms with Crippen molar-refractivity contribution in [3.8, 4) is 0 Å². The average Bonchev–Trinajstić information content (AvgIpc) is 2.52. The van der Waals surface area contributed by atoms with E-state index >= 15 is 0 Å². The highest BCUT2D eigenvalue weighted by Gasteiger charge is 2.23. The second-order valence-corrected chi connectivity index (χ2v) is 8.54. The van der Waals surface area contributed by atoms with E-state index in [1.807, 2.05) is 19.0 Å². The Morgan fingerprint density at radius 3 is 2.72 bits per heavy atom. The van der Waals surface area contributed by atoms with Gasteiger partial charge in [0.25, 0.3) is 0 Å². The molecule has 0 radical (unpaired) electrons. The third-order valence-corrected chi connectivity index (χ3v) is 5.62. The number of hydrogen-bond acceptors (Lipinski definition) is 5. The normalized spacial score (nSPS) is 16.0. The van der Waals surface area contributed by atoms with Crippen molar-refractivity contribution < 1.29 is 18.3 Å². The summed E-state index contributed by atoms with van der Waals surface area (Å²) in [7, 11) is 0.134.